The number of nitrogens with zero attached hydrogens (tertiary/aromatic N) is 3. The van der Waals surface area contributed by atoms with Crippen molar-refractivity contribution in [2.45, 2.75) is 56.5 Å². The summed E-state index contributed by atoms with van der Waals surface area (Å²) < 4.78 is 28.7. The number of aromatic nitrogens is 1. The summed E-state index contributed by atoms with van der Waals surface area (Å²) in [6, 6.07) is 9.25. The van der Waals surface area contributed by atoms with Gasteiger partial charge in [-0.3, -0.25) is 4.79 Å². The molecule has 8 heteroatoms. The van der Waals surface area contributed by atoms with Crippen molar-refractivity contribution in [2.24, 2.45) is 0 Å². The van der Waals surface area contributed by atoms with Gasteiger partial charge in [0.05, 0.1) is 0 Å². The van der Waals surface area contributed by atoms with Crippen LogP contribution in [0.1, 0.15) is 42.4 Å². The number of aliphatic carboxylic acids is 1. The highest BCUT2D eigenvalue weighted by molar-refractivity contribution is 7.89. The Bertz CT molecular complexity index is 1050. The fraction of sp³-hybridized carbons (Fsp3) is 0.455. The molecule has 0 bridgehead atoms. The third-order valence-corrected chi connectivity index (χ3v) is 7.90. The minimum absolute atomic E-state index is 0.0561. The molecule has 1 saturated heterocycles. The number of piperidine rings is 1. The Morgan fingerprint density at radius 3 is 2.90 bits per heavy atom. The second kappa shape index (κ2) is 8.35. The van der Waals surface area contributed by atoms with Gasteiger partial charge >= 0.3 is 5.97 Å². The van der Waals surface area contributed by atoms with Crippen LogP contribution in [-0.4, -0.2) is 47.9 Å². The van der Waals surface area contributed by atoms with E-state index >= 15 is 0 Å². The number of pyridine rings is 1. The molecule has 0 amide bonds. The van der Waals surface area contributed by atoms with E-state index < -0.39 is 16.0 Å². The van der Waals surface area contributed by atoms with E-state index in [2.05, 4.69) is 9.88 Å². The van der Waals surface area contributed by atoms with Crippen LogP contribution in [0, 0.1) is 6.92 Å². The second-order valence-electron chi connectivity index (χ2n) is 8.12. The largest absolute Gasteiger partial charge is 0.481 e. The lowest BCUT2D eigenvalue weighted by atomic mass is 10.0. The topological polar surface area (TPSA) is 90.8 Å². The molecule has 1 fully saturated rings. The highest BCUT2D eigenvalue weighted by Crippen LogP contribution is 2.35. The van der Waals surface area contributed by atoms with Crippen molar-refractivity contribution >= 4 is 21.8 Å². The first-order valence-corrected chi connectivity index (χ1v) is 11.8. The molecule has 3 heterocycles. The van der Waals surface area contributed by atoms with Gasteiger partial charge in [0.25, 0.3) is 0 Å². The van der Waals surface area contributed by atoms with Crippen LogP contribution in [0.4, 0.5) is 5.82 Å². The lowest BCUT2D eigenvalue weighted by molar-refractivity contribution is -0.136. The standard InChI is InChI=1S/C22H27N3O4S/c1-16-7-8-17(9-10-21(26)27)13-18(16)14-24-15-19-5-2-3-12-25(19)22-20(30(24,28)29)6-4-11-23-22/h4,6-8,11,13,19H,2-3,5,9-10,12,14-15H2,1H3,(H,26,27)/t19-/m0/s1. The van der Waals surface area contributed by atoms with Crippen molar-refractivity contribution < 1.29 is 18.3 Å². The molecule has 0 unspecified atom stereocenters. The monoisotopic (exact) mass is 429 g/mol. The molecule has 1 aromatic heterocycles. The molecule has 1 N–H and O–H groups in total. The molecule has 160 valence electrons. The molecule has 4 rings (SSSR count). The Hall–Kier alpha value is -2.45. The predicted molar refractivity (Wildman–Crippen MR) is 114 cm³/mol. The molecule has 0 radical (unpaired) electrons. The van der Waals surface area contributed by atoms with Gasteiger partial charge in [-0.1, -0.05) is 18.2 Å². The van der Waals surface area contributed by atoms with Crippen LogP contribution in [-0.2, 0) is 27.8 Å². The van der Waals surface area contributed by atoms with E-state index in [1.54, 1.807) is 22.6 Å². The van der Waals surface area contributed by atoms with E-state index in [1.807, 2.05) is 25.1 Å². The Morgan fingerprint density at radius 1 is 1.27 bits per heavy atom. The number of fused-ring (bicyclic) bond motifs is 3. The number of hydrogen-bond donors (Lipinski definition) is 1. The molecule has 7 nitrogen and oxygen atoms in total. The summed E-state index contributed by atoms with van der Waals surface area (Å²) in [5.41, 5.74) is 2.82. The molecule has 2 aromatic rings. The zero-order valence-corrected chi connectivity index (χ0v) is 17.9. The average molecular weight is 430 g/mol. The molecule has 0 saturated carbocycles. The van der Waals surface area contributed by atoms with Crippen LogP contribution in [0.25, 0.3) is 0 Å². The van der Waals surface area contributed by atoms with Crippen LogP contribution >= 0.6 is 0 Å². The first kappa shape index (κ1) is 20.8. The van der Waals surface area contributed by atoms with E-state index in [9.17, 15) is 13.2 Å². The summed E-state index contributed by atoms with van der Waals surface area (Å²) in [4.78, 5) is 17.8. The number of sulfonamides is 1. The fourth-order valence-corrected chi connectivity index (χ4v) is 5.99. The molecular weight excluding hydrogens is 402 g/mol. The average Bonchev–Trinajstić information content (AvgIpc) is 2.82. The van der Waals surface area contributed by atoms with E-state index in [1.165, 1.54) is 0 Å². The summed E-state index contributed by atoms with van der Waals surface area (Å²) in [5, 5.41) is 8.96. The van der Waals surface area contributed by atoms with Crippen LogP contribution in [0.2, 0.25) is 0 Å². The van der Waals surface area contributed by atoms with Crippen LogP contribution in [0.5, 0.6) is 0 Å². The molecule has 30 heavy (non-hydrogen) atoms. The number of carbonyl (C=O) groups is 1. The molecular formula is C22H27N3O4S. The summed E-state index contributed by atoms with van der Waals surface area (Å²) in [5.74, 6) is -0.273. The number of hydrogen-bond acceptors (Lipinski definition) is 5. The maximum absolute atomic E-state index is 13.6. The zero-order valence-electron chi connectivity index (χ0n) is 17.1. The van der Waals surface area contributed by atoms with Crippen molar-refractivity contribution in [1.29, 1.82) is 0 Å². The van der Waals surface area contributed by atoms with Gasteiger partial charge < -0.3 is 10.0 Å². The van der Waals surface area contributed by atoms with E-state index in [-0.39, 0.29) is 23.9 Å². The minimum Gasteiger partial charge on any atom is -0.481 e. The van der Waals surface area contributed by atoms with Crippen LogP contribution in [0.3, 0.4) is 0 Å². The number of carboxylic acids is 1. The van der Waals surface area contributed by atoms with Gasteiger partial charge in [0.2, 0.25) is 10.0 Å². The van der Waals surface area contributed by atoms with E-state index in [4.69, 9.17) is 5.11 Å². The minimum atomic E-state index is -3.70. The predicted octanol–water partition coefficient (Wildman–Crippen LogP) is 2.97. The third kappa shape index (κ3) is 4.06. The number of anilines is 1. The van der Waals surface area contributed by atoms with Crippen molar-refractivity contribution in [3.05, 3.63) is 53.2 Å². The maximum Gasteiger partial charge on any atom is 0.303 e. The van der Waals surface area contributed by atoms with Crippen molar-refractivity contribution in [2.75, 3.05) is 18.0 Å². The molecule has 0 aliphatic carbocycles. The lowest BCUT2D eigenvalue weighted by Crippen LogP contribution is -2.45. The second-order valence-corrected chi connectivity index (χ2v) is 10.0. The molecule has 1 atom stereocenters. The van der Waals surface area contributed by atoms with E-state index in [0.29, 0.717) is 18.8 Å². The van der Waals surface area contributed by atoms with Crippen molar-refractivity contribution in [3.8, 4) is 0 Å². The molecule has 2 aliphatic heterocycles. The first-order valence-electron chi connectivity index (χ1n) is 10.4. The number of rotatable bonds is 5. The number of carboxylic acid groups (broad SMARTS) is 1. The van der Waals surface area contributed by atoms with Gasteiger partial charge in [-0.25, -0.2) is 13.4 Å². The smallest absolute Gasteiger partial charge is 0.303 e. The molecule has 1 aromatic carbocycles. The van der Waals surface area contributed by atoms with Crippen molar-refractivity contribution in [1.82, 2.24) is 9.29 Å². The van der Waals surface area contributed by atoms with Gasteiger partial charge in [-0.05, 0) is 61.4 Å². The third-order valence-electron chi connectivity index (χ3n) is 6.07. The van der Waals surface area contributed by atoms with Crippen LogP contribution in [0.15, 0.2) is 41.4 Å². The van der Waals surface area contributed by atoms with Gasteiger partial charge in [0, 0.05) is 38.3 Å². The summed E-state index contributed by atoms with van der Waals surface area (Å²) in [6.45, 7) is 3.48. The van der Waals surface area contributed by atoms with Crippen molar-refractivity contribution in [3.63, 3.8) is 0 Å². The Balaban J connectivity index is 1.69. The lowest BCUT2D eigenvalue weighted by Gasteiger charge is -2.36. The highest BCUT2D eigenvalue weighted by Gasteiger charge is 2.39. The van der Waals surface area contributed by atoms with E-state index in [0.717, 1.165) is 42.5 Å². The Kier molecular flexibility index (Phi) is 5.79. The zero-order chi connectivity index (χ0) is 21.3. The Labute approximate surface area is 177 Å². The first-order chi connectivity index (χ1) is 14.4. The fourth-order valence-electron chi connectivity index (χ4n) is 4.38. The van der Waals surface area contributed by atoms with Gasteiger partial charge in [-0.2, -0.15) is 4.31 Å². The van der Waals surface area contributed by atoms with Crippen LogP contribution < -0.4 is 4.90 Å². The highest BCUT2D eigenvalue weighted by atomic mass is 32.2. The molecule has 0 spiro atoms. The molecule has 2 aliphatic rings. The summed E-state index contributed by atoms with van der Waals surface area (Å²) in [6.07, 6.45) is 5.21. The maximum atomic E-state index is 13.6. The Morgan fingerprint density at radius 2 is 2.10 bits per heavy atom. The van der Waals surface area contributed by atoms with Gasteiger partial charge in [-0.15, -0.1) is 0 Å². The SMILES string of the molecule is Cc1ccc(CCC(=O)O)cc1CN1C[C@@H]2CCCCN2c2ncccc2S1(=O)=O. The summed E-state index contributed by atoms with van der Waals surface area (Å²) in [7, 11) is -3.70. The number of aryl methyl sites for hydroxylation is 2. The quantitative estimate of drug-likeness (QED) is 0.786. The summed E-state index contributed by atoms with van der Waals surface area (Å²) >= 11 is 0. The normalized spacial score (nSPS) is 20.8. The number of benzene rings is 1. The van der Waals surface area contributed by atoms with Gasteiger partial charge in [0.1, 0.15) is 10.7 Å². The van der Waals surface area contributed by atoms with Gasteiger partial charge in [0.15, 0.2) is 0 Å².